The molecule has 2 amide bonds. The molecule has 2 aromatic heterocycles. The van der Waals surface area contributed by atoms with Gasteiger partial charge in [-0.1, -0.05) is 6.07 Å². The van der Waals surface area contributed by atoms with Crippen LogP contribution in [0.3, 0.4) is 0 Å². The molecule has 1 saturated heterocycles. The van der Waals surface area contributed by atoms with Crippen molar-refractivity contribution in [3.63, 3.8) is 0 Å². The maximum absolute atomic E-state index is 12.8. The van der Waals surface area contributed by atoms with Crippen LogP contribution in [0.15, 0.2) is 30.5 Å². The summed E-state index contributed by atoms with van der Waals surface area (Å²) in [5.41, 5.74) is 14.1. The Hall–Kier alpha value is -3.04. The second kappa shape index (κ2) is 7.53. The molecule has 1 aliphatic rings. The van der Waals surface area contributed by atoms with Gasteiger partial charge in [-0.2, -0.15) is 0 Å². The number of amides is 2. The maximum Gasteiger partial charge on any atom is 0.257 e. The quantitative estimate of drug-likeness (QED) is 0.686. The first-order valence-electron chi connectivity index (χ1n) is 8.82. The van der Waals surface area contributed by atoms with Crippen LogP contribution in [0.5, 0.6) is 0 Å². The summed E-state index contributed by atoms with van der Waals surface area (Å²) >= 11 is 1.42. The molecular weight excluding hydrogens is 378 g/mol. The number of carbonyl (C=O) groups excluding carboxylic acids is 2. The predicted octanol–water partition coefficient (Wildman–Crippen LogP) is 1.44. The number of pyridine rings is 1. The second-order valence-electron chi connectivity index (χ2n) is 6.49. The molecule has 144 valence electrons. The first-order chi connectivity index (χ1) is 13.5. The van der Waals surface area contributed by atoms with Gasteiger partial charge in [-0.3, -0.25) is 9.59 Å². The normalized spacial score (nSPS) is 14.4. The van der Waals surface area contributed by atoms with Gasteiger partial charge in [0.05, 0.1) is 35.4 Å². The number of hydrogen-bond donors (Lipinski definition) is 2. The molecule has 0 aliphatic carbocycles. The molecule has 1 fully saturated rings. The van der Waals surface area contributed by atoms with E-state index in [0.717, 1.165) is 21.3 Å². The summed E-state index contributed by atoms with van der Waals surface area (Å²) in [6.45, 7) is 2.12. The summed E-state index contributed by atoms with van der Waals surface area (Å²) < 4.78 is 6.24. The van der Waals surface area contributed by atoms with E-state index in [1.807, 2.05) is 18.2 Å². The summed E-state index contributed by atoms with van der Waals surface area (Å²) in [5, 5.41) is 0.679. The van der Waals surface area contributed by atoms with Gasteiger partial charge in [0.15, 0.2) is 0 Å². The van der Waals surface area contributed by atoms with Crippen molar-refractivity contribution in [3.05, 3.63) is 41.0 Å². The van der Waals surface area contributed by atoms with Crippen LogP contribution in [0.25, 0.3) is 21.3 Å². The summed E-state index contributed by atoms with van der Waals surface area (Å²) in [6, 6.07) is 7.53. The average Bonchev–Trinajstić information content (AvgIpc) is 3.09. The Labute approximate surface area is 165 Å². The lowest BCUT2D eigenvalue weighted by Crippen LogP contribution is -2.41. The monoisotopic (exact) mass is 397 g/mol. The number of nitrogens with zero attached hydrogens (tertiary/aromatic N) is 3. The third-order valence-electron chi connectivity index (χ3n) is 4.54. The number of nitrogen functional groups attached to an aromatic ring is 1. The topological polar surface area (TPSA) is 124 Å². The number of anilines is 1. The minimum absolute atomic E-state index is 0.121. The highest BCUT2D eigenvalue weighted by atomic mass is 32.1. The van der Waals surface area contributed by atoms with Crippen LogP contribution in [-0.2, 0) is 16.0 Å². The maximum atomic E-state index is 12.8. The van der Waals surface area contributed by atoms with Crippen LogP contribution in [0.1, 0.15) is 15.4 Å². The summed E-state index contributed by atoms with van der Waals surface area (Å²) in [4.78, 5) is 34.3. The zero-order chi connectivity index (χ0) is 19.7. The van der Waals surface area contributed by atoms with E-state index in [9.17, 15) is 9.59 Å². The van der Waals surface area contributed by atoms with Crippen LogP contribution < -0.4 is 11.5 Å². The number of primary amides is 1. The number of aromatic nitrogens is 2. The van der Waals surface area contributed by atoms with Crippen molar-refractivity contribution in [1.29, 1.82) is 0 Å². The van der Waals surface area contributed by atoms with Gasteiger partial charge >= 0.3 is 0 Å². The summed E-state index contributed by atoms with van der Waals surface area (Å²) in [7, 11) is 0. The molecule has 9 heteroatoms. The molecule has 0 saturated carbocycles. The highest BCUT2D eigenvalue weighted by molar-refractivity contribution is 7.18. The molecule has 28 heavy (non-hydrogen) atoms. The minimum atomic E-state index is -0.409. The standard InChI is InChI=1S/C19H19N5O3S/c20-16(25)9-17-23-14-2-1-11(8-15(14)28-17)12-7-13(18(21)22-10-12)19(26)24-3-5-27-6-4-24/h1-2,7-8,10H,3-6,9H2,(H2,20,25)(H2,21,22). The van der Waals surface area contributed by atoms with Gasteiger partial charge in [0, 0.05) is 24.8 Å². The van der Waals surface area contributed by atoms with Crippen LogP contribution >= 0.6 is 11.3 Å². The molecule has 0 atom stereocenters. The number of carbonyl (C=O) groups is 2. The van der Waals surface area contributed by atoms with E-state index < -0.39 is 5.91 Å². The Morgan fingerprint density at radius 1 is 1.18 bits per heavy atom. The van der Waals surface area contributed by atoms with Crippen molar-refractivity contribution in [2.45, 2.75) is 6.42 Å². The van der Waals surface area contributed by atoms with Crippen molar-refractivity contribution in [2.24, 2.45) is 5.73 Å². The van der Waals surface area contributed by atoms with Crippen molar-refractivity contribution >= 4 is 39.2 Å². The van der Waals surface area contributed by atoms with Gasteiger partial charge in [-0.15, -0.1) is 11.3 Å². The second-order valence-corrected chi connectivity index (χ2v) is 7.61. The van der Waals surface area contributed by atoms with Gasteiger partial charge in [-0.25, -0.2) is 9.97 Å². The first kappa shape index (κ1) is 18.3. The molecule has 4 N–H and O–H groups in total. The van der Waals surface area contributed by atoms with Crippen molar-refractivity contribution in [1.82, 2.24) is 14.9 Å². The fraction of sp³-hybridized carbons (Fsp3) is 0.263. The fourth-order valence-corrected chi connectivity index (χ4v) is 4.13. The zero-order valence-electron chi connectivity index (χ0n) is 15.1. The third-order valence-corrected chi connectivity index (χ3v) is 5.56. The minimum Gasteiger partial charge on any atom is -0.383 e. The predicted molar refractivity (Wildman–Crippen MR) is 107 cm³/mol. The van der Waals surface area contributed by atoms with Gasteiger partial charge in [0.2, 0.25) is 5.91 Å². The van der Waals surface area contributed by atoms with Gasteiger partial charge < -0.3 is 21.1 Å². The summed E-state index contributed by atoms with van der Waals surface area (Å²) in [6.07, 6.45) is 1.77. The number of benzene rings is 1. The number of hydrogen-bond acceptors (Lipinski definition) is 7. The van der Waals surface area contributed by atoms with E-state index in [4.69, 9.17) is 16.2 Å². The summed E-state index contributed by atoms with van der Waals surface area (Å²) in [5.74, 6) is -0.339. The molecule has 0 radical (unpaired) electrons. The van der Waals surface area contributed by atoms with Crippen molar-refractivity contribution in [2.75, 3.05) is 32.0 Å². The fourth-order valence-electron chi connectivity index (χ4n) is 3.12. The molecule has 0 bridgehead atoms. The lowest BCUT2D eigenvalue weighted by atomic mass is 10.0. The Balaban J connectivity index is 1.67. The number of nitrogens with two attached hydrogens (primary N) is 2. The van der Waals surface area contributed by atoms with E-state index in [2.05, 4.69) is 9.97 Å². The molecule has 1 aromatic carbocycles. The van der Waals surface area contributed by atoms with Crippen molar-refractivity contribution < 1.29 is 14.3 Å². The number of thiazole rings is 1. The molecule has 1 aliphatic heterocycles. The van der Waals surface area contributed by atoms with Crippen molar-refractivity contribution in [3.8, 4) is 11.1 Å². The van der Waals surface area contributed by atoms with E-state index in [1.165, 1.54) is 11.3 Å². The van der Waals surface area contributed by atoms with Crippen LogP contribution in [0.4, 0.5) is 5.82 Å². The van der Waals surface area contributed by atoms with Crippen LogP contribution in [0.2, 0.25) is 0 Å². The highest BCUT2D eigenvalue weighted by Crippen LogP contribution is 2.29. The molecule has 4 rings (SSSR count). The number of ether oxygens (including phenoxy) is 1. The van der Waals surface area contributed by atoms with Gasteiger partial charge in [0.1, 0.15) is 10.8 Å². The Morgan fingerprint density at radius 3 is 2.71 bits per heavy atom. The van der Waals surface area contributed by atoms with E-state index >= 15 is 0 Å². The van der Waals surface area contributed by atoms with E-state index in [-0.39, 0.29) is 18.1 Å². The number of fused-ring (bicyclic) bond motifs is 1. The highest BCUT2D eigenvalue weighted by Gasteiger charge is 2.21. The van der Waals surface area contributed by atoms with E-state index in [0.29, 0.717) is 36.9 Å². The molecule has 3 heterocycles. The Bertz CT molecular complexity index is 1060. The third kappa shape index (κ3) is 3.67. The lowest BCUT2D eigenvalue weighted by Gasteiger charge is -2.27. The lowest BCUT2D eigenvalue weighted by molar-refractivity contribution is -0.117. The smallest absolute Gasteiger partial charge is 0.257 e. The van der Waals surface area contributed by atoms with Gasteiger partial charge in [-0.05, 0) is 23.8 Å². The van der Waals surface area contributed by atoms with Gasteiger partial charge in [0.25, 0.3) is 5.91 Å². The molecule has 0 spiro atoms. The number of morpholine rings is 1. The molecular formula is C19H19N5O3S. The Kier molecular flexibility index (Phi) is 4.93. The largest absolute Gasteiger partial charge is 0.383 e. The first-order valence-corrected chi connectivity index (χ1v) is 9.63. The zero-order valence-corrected chi connectivity index (χ0v) is 15.9. The average molecular weight is 397 g/mol. The SMILES string of the molecule is NC(=O)Cc1nc2ccc(-c3cnc(N)c(C(=O)N4CCOCC4)c3)cc2s1. The van der Waals surface area contributed by atoms with Crippen LogP contribution in [-0.4, -0.2) is 53.0 Å². The Morgan fingerprint density at radius 2 is 1.96 bits per heavy atom. The molecule has 8 nitrogen and oxygen atoms in total. The van der Waals surface area contributed by atoms with E-state index in [1.54, 1.807) is 17.2 Å². The van der Waals surface area contributed by atoms with Crippen LogP contribution in [0, 0.1) is 0 Å². The molecule has 3 aromatic rings. The molecule has 0 unspecified atom stereocenters. The number of rotatable bonds is 4.